The van der Waals surface area contributed by atoms with Gasteiger partial charge in [-0.25, -0.2) is 4.98 Å². The molecule has 2 nitrogen and oxygen atoms in total. The van der Waals surface area contributed by atoms with Crippen molar-refractivity contribution in [1.29, 1.82) is 0 Å². The molecule has 1 heterocycles. The van der Waals surface area contributed by atoms with Gasteiger partial charge >= 0.3 is 0 Å². The minimum absolute atomic E-state index is 0.137. The first-order valence-electron chi connectivity index (χ1n) is 10.4. The molecule has 1 aliphatic rings. The molecular formula is C25H31N2Si. The third-order valence-electron chi connectivity index (χ3n) is 5.61. The molecule has 0 aliphatic heterocycles. The predicted molar refractivity (Wildman–Crippen MR) is 122 cm³/mol. The lowest BCUT2D eigenvalue weighted by molar-refractivity contribution is 0.850. The number of nitrogens with zero attached hydrogens (tertiary/aromatic N) is 1. The van der Waals surface area contributed by atoms with Crippen LogP contribution in [0.25, 0.3) is 5.57 Å². The summed E-state index contributed by atoms with van der Waals surface area (Å²) >= 11 is 0. The van der Waals surface area contributed by atoms with Crippen molar-refractivity contribution in [3.63, 3.8) is 0 Å². The number of hydrogen-bond acceptors (Lipinski definition) is 1. The van der Waals surface area contributed by atoms with Gasteiger partial charge in [0.25, 0.3) is 0 Å². The first kappa shape index (κ1) is 20.3. The lowest BCUT2D eigenvalue weighted by Gasteiger charge is -2.10. The summed E-state index contributed by atoms with van der Waals surface area (Å²) in [6, 6.07) is 23.7. The standard InChI is InChI=1S/C19H16N2.C6H15Si/c1-2-6-14(7-3-1)10-15-11-18(19-12-20-13-21-19)17-9-5-4-8-16(15)17;1-4-7(5-2)6-3/h1-9,11-13,15H,10H2,(H,20,21);4-6H2,1-3H3. The number of nitrogens with one attached hydrogen (secondary N) is 1. The maximum absolute atomic E-state index is 4.15. The molecule has 4 rings (SSSR count). The van der Waals surface area contributed by atoms with Crippen molar-refractivity contribution in [2.24, 2.45) is 0 Å². The molecule has 3 aromatic rings. The normalized spacial score (nSPS) is 15.0. The number of H-pyrrole nitrogens is 1. The van der Waals surface area contributed by atoms with E-state index in [9.17, 15) is 0 Å². The van der Waals surface area contributed by atoms with Crippen LogP contribution >= 0.6 is 0 Å². The number of fused-ring (bicyclic) bond motifs is 1. The van der Waals surface area contributed by atoms with E-state index in [1.54, 1.807) is 6.33 Å². The Morgan fingerprint density at radius 1 is 0.893 bits per heavy atom. The Hall–Kier alpha value is -2.39. The summed E-state index contributed by atoms with van der Waals surface area (Å²) in [6.45, 7) is 6.92. The van der Waals surface area contributed by atoms with E-state index in [0.29, 0.717) is 5.92 Å². The average Bonchev–Trinajstić information content (AvgIpc) is 3.39. The maximum atomic E-state index is 4.15. The molecular weight excluding hydrogens is 356 g/mol. The minimum atomic E-state index is 0.137. The zero-order valence-electron chi connectivity index (χ0n) is 17.3. The monoisotopic (exact) mass is 387 g/mol. The first-order chi connectivity index (χ1) is 13.8. The maximum Gasteiger partial charge on any atom is 0.0924 e. The fourth-order valence-electron chi connectivity index (χ4n) is 3.87. The van der Waals surface area contributed by atoms with Crippen molar-refractivity contribution in [2.75, 3.05) is 0 Å². The molecule has 0 bridgehead atoms. The zero-order valence-corrected chi connectivity index (χ0v) is 18.3. The number of allylic oxidation sites excluding steroid dienone is 1. The van der Waals surface area contributed by atoms with Gasteiger partial charge in [0.15, 0.2) is 0 Å². The van der Waals surface area contributed by atoms with E-state index in [0.717, 1.165) is 12.1 Å². The van der Waals surface area contributed by atoms with Crippen LogP contribution in [0.1, 0.15) is 49.1 Å². The van der Waals surface area contributed by atoms with E-state index in [-0.39, 0.29) is 8.80 Å². The highest BCUT2D eigenvalue weighted by Crippen LogP contribution is 2.40. The summed E-state index contributed by atoms with van der Waals surface area (Å²) in [5.74, 6) is 0.432. The third-order valence-corrected chi connectivity index (χ3v) is 8.61. The quantitative estimate of drug-likeness (QED) is 0.467. The van der Waals surface area contributed by atoms with Crippen molar-refractivity contribution in [2.45, 2.75) is 51.2 Å². The van der Waals surface area contributed by atoms with Crippen molar-refractivity contribution in [1.82, 2.24) is 9.97 Å². The molecule has 1 radical (unpaired) electrons. The highest BCUT2D eigenvalue weighted by molar-refractivity contribution is 6.58. The predicted octanol–water partition coefficient (Wildman–Crippen LogP) is 6.72. The van der Waals surface area contributed by atoms with Crippen LogP contribution in [-0.4, -0.2) is 18.8 Å². The highest BCUT2D eigenvalue weighted by Gasteiger charge is 2.24. The molecule has 145 valence electrons. The molecule has 3 heteroatoms. The van der Waals surface area contributed by atoms with E-state index in [1.807, 2.05) is 6.20 Å². The Balaban J connectivity index is 0.000000279. The lowest BCUT2D eigenvalue weighted by atomic mass is 9.94. The highest BCUT2D eigenvalue weighted by atomic mass is 28.3. The van der Waals surface area contributed by atoms with Crippen LogP contribution in [0.3, 0.4) is 0 Å². The largest absolute Gasteiger partial charge is 0.345 e. The summed E-state index contributed by atoms with van der Waals surface area (Å²) in [5.41, 5.74) is 6.47. The van der Waals surface area contributed by atoms with Crippen LogP contribution in [0.5, 0.6) is 0 Å². The molecule has 0 saturated carbocycles. The van der Waals surface area contributed by atoms with Crippen molar-refractivity contribution in [3.8, 4) is 0 Å². The van der Waals surface area contributed by atoms with Gasteiger partial charge < -0.3 is 4.98 Å². The number of rotatable bonds is 6. The van der Waals surface area contributed by atoms with Crippen LogP contribution in [-0.2, 0) is 6.42 Å². The molecule has 0 spiro atoms. The molecule has 1 N–H and O–H groups in total. The van der Waals surface area contributed by atoms with Gasteiger partial charge in [-0.05, 0) is 23.1 Å². The van der Waals surface area contributed by atoms with Gasteiger partial charge in [-0.2, -0.15) is 0 Å². The van der Waals surface area contributed by atoms with Crippen molar-refractivity contribution >= 4 is 14.4 Å². The second kappa shape index (κ2) is 10.2. The van der Waals surface area contributed by atoms with Crippen LogP contribution in [0, 0.1) is 0 Å². The number of benzene rings is 2. The van der Waals surface area contributed by atoms with Gasteiger partial charge in [-0.15, -0.1) is 0 Å². The summed E-state index contributed by atoms with van der Waals surface area (Å²) in [5, 5.41) is 0. The number of imidazole rings is 1. The summed E-state index contributed by atoms with van der Waals surface area (Å²) in [4.78, 5) is 7.38. The second-order valence-electron chi connectivity index (χ2n) is 7.24. The Morgan fingerprint density at radius 3 is 2.18 bits per heavy atom. The van der Waals surface area contributed by atoms with Gasteiger partial charge in [0.1, 0.15) is 0 Å². The SMILES string of the molecule is C1=C(c2cnc[nH]2)c2ccccc2C1Cc1ccccc1.CC[Si](CC)CC. The Labute approximate surface area is 171 Å². The lowest BCUT2D eigenvalue weighted by Crippen LogP contribution is -2.04. The summed E-state index contributed by atoms with van der Waals surface area (Å²) in [6.07, 6.45) is 7.04. The fraction of sp³-hybridized carbons (Fsp3) is 0.320. The zero-order chi connectivity index (χ0) is 19.8. The van der Waals surface area contributed by atoms with Gasteiger partial charge in [0, 0.05) is 20.3 Å². The Morgan fingerprint density at radius 2 is 1.57 bits per heavy atom. The van der Waals surface area contributed by atoms with E-state index in [4.69, 9.17) is 0 Å². The van der Waals surface area contributed by atoms with E-state index < -0.39 is 0 Å². The summed E-state index contributed by atoms with van der Waals surface area (Å²) in [7, 11) is 0.137. The third kappa shape index (κ3) is 4.90. The van der Waals surface area contributed by atoms with Crippen molar-refractivity contribution in [3.05, 3.63) is 95.6 Å². The van der Waals surface area contributed by atoms with Crippen LogP contribution in [0.4, 0.5) is 0 Å². The molecule has 1 unspecified atom stereocenters. The molecule has 0 fully saturated rings. The molecule has 0 amide bonds. The van der Waals surface area contributed by atoms with E-state index in [2.05, 4.69) is 91.4 Å². The van der Waals surface area contributed by atoms with E-state index >= 15 is 0 Å². The van der Waals surface area contributed by atoms with E-state index in [1.165, 1.54) is 40.4 Å². The number of aromatic amines is 1. The van der Waals surface area contributed by atoms with Crippen LogP contribution in [0.2, 0.25) is 18.1 Å². The topological polar surface area (TPSA) is 28.7 Å². The number of aromatic nitrogens is 2. The summed E-state index contributed by atoms with van der Waals surface area (Å²) < 4.78 is 0. The molecule has 1 aromatic heterocycles. The minimum Gasteiger partial charge on any atom is -0.345 e. The second-order valence-corrected chi connectivity index (χ2v) is 10.9. The van der Waals surface area contributed by atoms with Gasteiger partial charge in [0.05, 0.1) is 18.2 Å². The smallest absolute Gasteiger partial charge is 0.0924 e. The van der Waals surface area contributed by atoms with Gasteiger partial charge in [-0.1, -0.05) is 99.6 Å². The van der Waals surface area contributed by atoms with Gasteiger partial charge in [0.2, 0.25) is 0 Å². The Kier molecular flexibility index (Phi) is 7.44. The molecule has 2 aromatic carbocycles. The number of hydrogen-bond donors (Lipinski definition) is 1. The van der Waals surface area contributed by atoms with Crippen molar-refractivity contribution < 1.29 is 0 Å². The molecule has 1 aliphatic carbocycles. The van der Waals surface area contributed by atoms with Gasteiger partial charge in [-0.3, -0.25) is 0 Å². The first-order valence-corrected chi connectivity index (χ1v) is 12.6. The van der Waals surface area contributed by atoms with Crippen LogP contribution < -0.4 is 0 Å². The molecule has 1 atom stereocenters. The molecule has 0 saturated heterocycles. The van der Waals surface area contributed by atoms with Crippen LogP contribution in [0.15, 0.2) is 73.2 Å². The molecule has 28 heavy (non-hydrogen) atoms. The average molecular weight is 388 g/mol. The fourth-order valence-corrected chi connectivity index (χ4v) is 5.37. The Bertz CT molecular complexity index is 859.